The maximum Gasteiger partial charge on any atom is 0.281 e. The first-order chi connectivity index (χ1) is 16.9. The summed E-state index contributed by atoms with van der Waals surface area (Å²) < 4.78 is 15.6. The highest BCUT2D eigenvalue weighted by Crippen LogP contribution is 2.30. The van der Waals surface area contributed by atoms with Crippen LogP contribution in [0, 0.1) is 19.7 Å². The van der Waals surface area contributed by atoms with Crippen LogP contribution in [0.5, 0.6) is 0 Å². The molecule has 1 fully saturated rings. The fraction of sp³-hybridized carbons (Fsp3) is 0.172. The summed E-state index contributed by atoms with van der Waals surface area (Å²) in [5.41, 5.74) is 7.73. The van der Waals surface area contributed by atoms with E-state index in [9.17, 15) is 9.18 Å². The molecule has 3 aromatic carbocycles. The third kappa shape index (κ3) is 4.26. The number of aryl methyl sites for hydroxylation is 3. The molecule has 0 atom stereocenters. The van der Waals surface area contributed by atoms with Crippen LogP contribution < -0.4 is 10.2 Å². The van der Waals surface area contributed by atoms with Crippen molar-refractivity contribution in [1.82, 2.24) is 9.88 Å². The van der Waals surface area contributed by atoms with Gasteiger partial charge in [-0.15, -0.1) is 0 Å². The molecule has 1 amide bonds. The molecule has 1 N–H and O–H groups in total. The molecule has 4 nitrogen and oxygen atoms in total. The summed E-state index contributed by atoms with van der Waals surface area (Å²) in [6.07, 6.45) is 4.80. The zero-order chi connectivity index (χ0) is 24.7. The van der Waals surface area contributed by atoms with Crippen molar-refractivity contribution in [3.05, 3.63) is 106 Å². The highest BCUT2D eigenvalue weighted by molar-refractivity contribution is 7.80. The van der Waals surface area contributed by atoms with Crippen LogP contribution >= 0.6 is 12.2 Å². The molecule has 0 spiro atoms. The molecule has 0 radical (unpaired) electrons. The number of rotatable bonds is 5. The number of nitrogens with one attached hydrogen (secondary N) is 1. The van der Waals surface area contributed by atoms with Crippen molar-refractivity contribution in [2.45, 2.75) is 33.7 Å². The van der Waals surface area contributed by atoms with Gasteiger partial charge in [-0.3, -0.25) is 9.69 Å². The maximum absolute atomic E-state index is 13.4. The summed E-state index contributed by atoms with van der Waals surface area (Å²) in [4.78, 5) is 14.9. The molecule has 1 aliphatic rings. The van der Waals surface area contributed by atoms with Gasteiger partial charge in [-0.25, -0.2) is 4.39 Å². The molecule has 2 heterocycles. The number of anilines is 1. The minimum atomic E-state index is -0.249. The first-order valence-electron chi connectivity index (χ1n) is 11.6. The first-order valence-corrected chi connectivity index (χ1v) is 12.1. The number of aromatic nitrogens is 1. The van der Waals surface area contributed by atoms with E-state index >= 15 is 0 Å². The van der Waals surface area contributed by atoms with Gasteiger partial charge >= 0.3 is 0 Å². The van der Waals surface area contributed by atoms with Crippen molar-refractivity contribution in [3.8, 4) is 0 Å². The van der Waals surface area contributed by atoms with Crippen molar-refractivity contribution in [3.63, 3.8) is 0 Å². The first kappa shape index (κ1) is 23.0. The predicted octanol–water partition coefficient (Wildman–Crippen LogP) is 6.27. The number of para-hydroxylation sites is 1. The molecule has 0 bridgehead atoms. The SMILES string of the molecule is CCc1cccc2c(/C=C3\NC(=S)N(c4ccc(C)c(C)c4)C3=O)cn(Cc3ccc(F)cc3)c12. The molecule has 0 saturated carbocycles. The number of hydrogen-bond acceptors (Lipinski definition) is 2. The summed E-state index contributed by atoms with van der Waals surface area (Å²) in [7, 11) is 0. The van der Waals surface area contributed by atoms with Crippen molar-refractivity contribution >= 4 is 45.9 Å². The quantitative estimate of drug-likeness (QED) is 0.269. The summed E-state index contributed by atoms with van der Waals surface area (Å²) >= 11 is 5.52. The molecule has 1 saturated heterocycles. The molecule has 4 aromatic rings. The van der Waals surface area contributed by atoms with Gasteiger partial charge in [-0.05, 0) is 85.1 Å². The summed E-state index contributed by atoms with van der Waals surface area (Å²) in [6.45, 7) is 6.79. The smallest absolute Gasteiger partial charge is 0.281 e. The number of hydrogen-bond donors (Lipinski definition) is 1. The van der Waals surface area contributed by atoms with Crippen molar-refractivity contribution in [1.29, 1.82) is 0 Å². The van der Waals surface area contributed by atoms with Gasteiger partial charge in [0.25, 0.3) is 5.91 Å². The second-order valence-electron chi connectivity index (χ2n) is 8.90. The summed E-state index contributed by atoms with van der Waals surface area (Å²) in [5.74, 6) is -0.426. The standard InChI is InChI=1S/C29H26FN3OS/c1-4-21-6-5-7-25-22(17-32(27(21)25)16-20-9-11-23(30)12-10-20)15-26-28(34)33(29(35)31-26)24-13-8-18(2)19(3)14-24/h5-15,17H,4,16H2,1-3H3,(H,31,35)/b26-15-. The predicted molar refractivity (Wildman–Crippen MR) is 144 cm³/mol. The summed E-state index contributed by atoms with van der Waals surface area (Å²) in [5, 5.41) is 4.54. The lowest BCUT2D eigenvalue weighted by Crippen LogP contribution is -2.30. The lowest BCUT2D eigenvalue weighted by molar-refractivity contribution is -0.113. The van der Waals surface area contributed by atoms with Gasteiger partial charge in [0.2, 0.25) is 0 Å². The van der Waals surface area contributed by atoms with E-state index in [1.165, 1.54) is 17.7 Å². The topological polar surface area (TPSA) is 37.3 Å². The maximum atomic E-state index is 13.4. The van der Waals surface area contributed by atoms with Gasteiger partial charge < -0.3 is 9.88 Å². The number of nitrogens with zero attached hydrogens (tertiary/aromatic N) is 2. The van der Waals surface area contributed by atoms with Crippen molar-refractivity contribution in [2.75, 3.05) is 4.90 Å². The fourth-order valence-corrected chi connectivity index (χ4v) is 4.87. The second kappa shape index (κ2) is 9.12. The third-order valence-corrected chi connectivity index (χ3v) is 6.87. The Morgan fingerprint density at radius 2 is 1.80 bits per heavy atom. The minimum absolute atomic E-state index is 0.177. The van der Waals surface area contributed by atoms with E-state index in [-0.39, 0.29) is 11.7 Å². The lowest BCUT2D eigenvalue weighted by Gasteiger charge is -2.15. The Labute approximate surface area is 209 Å². The van der Waals surface area contributed by atoms with Crippen LogP contribution in [0.25, 0.3) is 17.0 Å². The van der Waals surface area contributed by atoms with Crippen LogP contribution in [0.2, 0.25) is 0 Å². The molecule has 5 rings (SSSR count). The Morgan fingerprint density at radius 1 is 1.03 bits per heavy atom. The van der Waals surface area contributed by atoms with Crippen LogP contribution in [0.3, 0.4) is 0 Å². The monoisotopic (exact) mass is 483 g/mol. The van der Waals surface area contributed by atoms with E-state index in [1.54, 1.807) is 17.0 Å². The molecule has 6 heteroatoms. The molecule has 35 heavy (non-hydrogen) atoms. The Balaban J connectivity index is 1.56. The Morgan fingerprint density at radius 3 is 2.51 bits per heavy atom. The average Bonchev–Trinajstić information content (AvgIpc) is 3.33. The largest absolute Gasteiger partial charge is 0.342 e. The van der Waals surface area contributed by atoms with Gasteiger partial charge in [0, 0.05) is 23.7 Å². The van der Waals surface area contributed by atoms with Gasteiger partial charge in [-0.1, -0.05) is 43.3 Å². The van der Waals surface area contributed by atoms with E-state index in [1.807, 2.05) is 44.2 Å². The Bertz CT molecular complexity index is 1500. The van der Waals surface area contributed by atoms with Gasteiger partial charge in [0.1, 0.15) is 11.5 Å². The zero-order valence-corrected chi connectivity index (χ0v) is 20.7. The molecule has 0 unspecified atom stereocenters. The van der Waals surface area contributed by atoms with Crippen LogP contribution in [0.15, 0.2) is 72.6 Å². The third-order valence-electron chi connectivity index (χ3n) is 6.59. The second-order valence-corrected chi connectivity index (χ2v) is 9.29. The molecule has 176 valence electrons. The normalized spacial score (nSPS) is 14.9. The number of thiocarbonyl (C=S) groups is 1. The molecule has 1 aromatic heterocycles. The number of halogens is 1. The Hall–Kier alpha value is -3.77. The summed E-state index contributed by atoms with van der Waals surface area (Å²) in [6, 6.07) is 18.7. The van der Waals surface area contributed by atoms with Crippen molar-refractivity contribution in [2.24, 2.45) is 0 Å². The number of benzene rings is 3. The molecule has 0 aliphatic carbocycles. The van der Waals surface area contributed by atoms with Crippen LogP contribution in [0.4, 0.5) is 10.1 Å². The van der Waals surface area contributed by atoms with Crippen LogP contribution in [0.1, 0.15) is 34.7 Å². The minimum Gasteiger partial charge on any atom is -0.342 e. The molecular weight excluding hydrogens is 457 g/mol. The average molecular weight is 484 g/mol. The van der Waals surface area contributed by atoms with E-state index in [0.717, 1.165) is 45.3 Å². The highest BCUT2D eigenvalue weighted by atomic mass is 32.1. The van der Waals surface area contributed by atoms with Crippen LogP contribution in [-0.4, -0.2) is 15.6 Å². The molecule has 1 aliphatic heterocycles. The molecular formula is C29H26FN3OS. The van der Waals surface area contributed by atoms with E-state index < -0.39 is 0 Å². The number of fused-ring (bicyclic) bond motifs is 1. The number of carbonyl (C=O) groups is 1. The van der Waals surface area contributed by atoms with Gasteiger partial charge in [0.05, 0.1) is 11.2 Å². The zero-order valence-electron chi connectivity index (χ0n) is 19.9. The van der Waals surface area contributed by atoms with E-state index in [2.05, 4.69) is 35.1 Å². The van der Waals surface area contributed by atoms with Crippen molar-refractivity contribution < 1.29 is 9.18 Å². The van der Waals surface area contributed by atoms with Gasteiger partial charge in [-0.2, -0.15) is 0 Å². The highest BCUT2D eigenvalue weighted by Gasteiger charge is 2.32. The van der Waals surface area contributed by atoms with Gasteiger partial charge in [0.15, 0.2) is 5.11 Å². The Kier molecular flexibility index (Phi) is 5.99. The number of amides is 1. The van der Waals surface area contributed by atoms with E-state index in [4.69, 9.17) is 12.2 Å². The lowest BCUT2D eigenvalue weighted by atomic mass is 10.1. The number of carbonyl (C=O) groups excluding carboxylic acids is 1. The van der Waals surface area contributed by atoms with Crippen LogP contribution in [-0.2, 0) is 17.8 Å². The fourth-order valence-electron chi connectivity index (χ4n) is 4.57. The van der Waals surface area contributed by atoms with E-state index in [0.29, 0.717) is 17.4 Å².